The number of rotatable bonds is 2. The molecule has 2 nitrogen and oxygen atoms in total. The van der Waals surface area contributed by atoms with E-state index < -0.39 is 0 Å². The fourth-order valence-electron chi connectivity index (χ4n) is 3.95. The largest absolute Gasteiger partial charge is 0.389 e. The van der Waals surface area contributed by atoms with Gasteiger partial charge in [-0.25, -0.2) is 0 Å². The maximum absolute atomic E-state index is 9.94. The molecule has 2 aliphatic rings. The fraction of sp³-hybridized carbons (Fsp3) is 0.647. The summed E-state index contributed by atoms with van der Waals surface area (Å²) >= 11 is 0. The van der Waals surface area contributed by atoms with Crippen LogP contribution in [0, 0.1) is 11.8 Å². The summed E-state index contributed by atoms with van der Waals surface area (Å²) in [5.41, 5.74) is 2.33. The quantitative estimate of drug-likeness (QED) is 0.874. The maximum Gasteiger partial charge on any atom is 0.0781 e. The Balaban J connectivity index is 1.79. The number of benzene rings is 1. The molecular formula is C17H25NO. The van der Waals surface area contributed by atoms with E-state index in [1.165, 1.54) is 44.3 Å². The van der Waals surface area contributed by atoms with Crippen molar-refractivity contribution in [1.82, 2.24) is 0 Å². The molecule has 1 aromatic carbocycles. The maximum atomic E-state index is 9.94. The van der Waals surface area contributed by atoms with Gasteiger partial charge in [-0.1, -0.05) is 37.5 Å². The monoisotopic (exact) mass is 259 g/mol. The van der Waals surface area contributed by atoms with Crippen LogP contribution in [0.3, 0.4) is 0 Å². The van der Waals surface area contributed by atoms with E-state index in [4.69, 9.17) is 0 Å². The third kappa shape index (κ3) is 2.64. The van der Waals surface area contributed by atoms with Gasteiger partial charge >= 0.3 is 0 Å². The van der Waals surface area contributed by atoms with Gasteiger partial charge in [0.25, 0.3) is 0 Å². The highest BCUT2D eigenvalue weighted by molar-refractivity contribution is 5.55. The molecule has 0 bridgehead atoms. The van der Waals surface area contributed by atoms with Gasteiger partial charge in [0.15, 0.2) is 0 Å². The minimum absolute atomic E-state index is 0.375. The smallest absolute Gasteiger partial charge is 0.0781 e. The van der Waals surface area contributed by atoms with Crippen LogP contribution in [0.5, 0.6) is 0 Å². The Bertz CT molecular complexity index is 429. The summed E-state index contributed by atoms with van der Waals surface area (Å²) in [5, 5.41) is 9.94. The zero-order valence-electron chi connectivity index (χ0n) is 11.9. The van der Waals surface area contributed by atoms with Crippen molar-refractivity contribution in [2.75, 3.05) is 18.0 Å². The van der Waals surface area contributed by atoms with Gasteiger partial charge in [0, 0.05) is 24.3 Å². The van der Waals surface area contributed by atoms with Crippen molar-refractivity contribution in [3.05, 3.63) is 29.8 Å². The molecule has 1 aliphatic heterocycles. The average molecular weight is 259 g/mol. The summed E-state index contributed by atoms with van der Waals surface area (Å²) in [4.78, 5) is 2.51. The van der Waals surface area contributed by atoms with Gasteiger partial charge in [-0.2, -0.15) is 0 Å². The molecule has 0 aromatic heterocycles. The number of para-hydroxylation sites is 1. The van der Waals surface area contributed by atoms with Gasteiger partial charge in [-0.15, -0.1) is 0 Å². The number of hydrogen-bond donors (Lipinski definition) is 1. The van der Waals surface area contributed by atoms with Gasteiger partial charge in [-0.3, -0.25) is 0 Å². The van der Waals surface area contributed by atoms with E-state index >= 15 is 0 Å². The number of aliphatic hydroxyl groups is 1. The Hall–Kier alpha value is -1.02. The minimum Gasteiger partial charge on any atom is -0.389 e. The number of fused-ring (bicyclic) bond motifs is 1. The van der Waals surface area contributed by atoms with Crippen LogP contribution in [-0.4, -0.2) is 18.2 Å². The zero-order chi connectivity index (χ0) is 13.2. The average Bonchev–Trinajstić information content (AvgIpc) is 2.46. The van der Waals surface area contributed by atoms with Crippen LogP contribution < -0.4 is 4.90 Å². The second-order valence-corrected chi connectivity index (χ2v) is 6.27. The van der Waals surface area contributed by atoms with Crippen molar-refractivity contribution in [3.63, 3.8) is 0 Å². The summed E-state index contributed by atoms with van der Waals surface area (Å²) in [6, 6.07) is 8.35. The van der Waals surface area contributed by atoms with Crippen LogP contribution in [0.1, 0.15) is 50.7 Å². The van der Waals surface area contributed by atoms with Gasteiger partial charge in [0.05, 0.1) is 6.10 Å². The number of piperidine rings is 1. The molecule has 2 heteroatoms. The van der Waals surface area contributed by atoms with E-state index in [0.717, 1.165) is 23.9 Å². The molecule has 1 heterocycles. The molecule has 0 radical (unpaired) electrons. The number of anilines is 1. The van der Waals surface area contributed by atoms with Crippen LogP contribution in [0.4, 0.5) is 5.69 Å². The molecule has 19 heavy (non-hydrogen) atoms. The zero-order valence-corrected chi connectivity index (χ0v) is 11.9. The van der Waals surface area contributed by atoms with E-state index in [1.54, 1.807) is 0 Å². The van der Waals surface area contributed by atoms with Crippen LogP contribution >= 0.6 is 0 Å². The Morgan fingerprint density at radius 1 is 1.11 bits per heavy atom. The Labute approximate surface area is 116 Å². The van der Waals surface area contributed by atoms with Crippen molar-refractivity contribution >= 4 is 5.69 Å². The van der Waals surface area contributed by atoms with E-state index in [0.29, 0.717) is 0 Å². The lowest BCUT2D eigenvalue weighted by Gasteiger charge is -2.43. The molecule has 1 N–H and O–H groups in total. The first-order valence-electron chi connectivity index (χ1n) is 7.77. The summed E-state index contributed by atoms with van der Waals surface area (Å²) < 4.78 is 0. The third-order valence-electron chi connectivity index (χ3n) is 5.02. The van der Waals surface area contributed by atoms with Gasteiger partial charge in [0.2, 0.25) is 0 Å². The molecule has 1 saturated carbocycles. The first-order valence-corrected chi connectivity index (χ1v) is 7.77. The lowest BCUT2D eigenvalue weighted by molar-refractivity contribution is 0.193. The number of nitrogens with zero attached hydrogens (tertiary/aromatic N) is 1. The second kappa shape index (κ2) is 5.54. The molecule has 3 atom stereocenters. The van der Waals surface area contributed by atoms with Crippen molar-refractivity contribution < 1.29 is 5.11 Å². The van der Waals surface area contributed by atoms with Crippen molar-refractivity contribution in [1.29, 1.82) is 0 Å². The first-order chi connectivity index (χ1) is 9.25. The molecule has 1 saturated heterocycles. The predicted octanol–water partition coefficient (Wildman–Crippen LogP) is 3.76. The Kier molecular flexibility index (Phi) is 3.79. The first kappa shape index (κ1) is 13.0. The second-order valence-electron chi connectivity index (χ2n) is 6.27. The molecular weight excluding hydrogens is 234 g/mol. The van der Waals surface area contributed by atoms with Crippen LogP contribution in [0.15, 0.2) is 24.3 Å². The molecule has 3 unspecified atom stereocenters. The molecule has 1 aromatic rings. The highest BCUT2D eigenvalue weighted by Gasteiger charge is 2.31. The van der Waals surface area contributed by atoms with E-state index in [2.05, 4.69) is 23.1 Å². The molecule has 3 rings (SSSR count). The highest BCUT2D eigenvalue weighted by Crippen LogP contribution is 2.38. The Morgan fingerprint density at radius 3 is 2.63 bits per heavy atom. The number of aliphatic hydroxyl groups excluding tert-OH is 1. The summed E-state index contributed by atoms with van der Waals surface area (Å²) in [5.74, 6) is 1.84. The van der Waals surface area contributed by atoms with Gasteiger partial charge in [0.1, 0.15) is 0 Å². The van der Waals surface area contributed by atoms with Crippen LogP contribution in [-0.2, 0) is 0 Å². The van der Waals surface area contributed by atoms with Crippen LogP contribution in [0.2, 0.25) is 0 Å². The van der Waals surface area contributed by atoms with E-state index in [-0.39, 0.29) is 6.10 Å². The highest BCUT2D eigenvalue weighted by atomic mass is 16.3. The topological polar surface area (TPSA) is 23.5 Å². The summed E-state index contributed by atoms with van der Waals surface area (Å²) in [6.07, 6.45) is 6.64. The summed E-state index contributed by atoms with van der Waals surface area (Å²) in [7, 11) is 0. The molecule has 0 amide bonds. The number of hydrogen-bond acceptors (Lipinski definition) is 2. The van der Waals surface area contributed by atoms with Gasteiger partial charge in [-0.05, 0) is 37.7 Å². The van der Waals surface area contributed by atoms with Crippen molar-refractivity contribution in [2.45, 2.75) is 45.1 Å². The lowest BCUT2D eigenvalue weighted by atomic mass is 9.75. The van der Waals surface area contributed by atoms with E-state index in [1.807, 2.05) is 13.0 Å². The standard InChI is InChI=1S/C17H25NO/c1-13(19)16-8-4-5-9-17(16)18-11-10-14-6-2-3-7-15(14)12-18/h4-5,8-9,13-15,19H,2-3,6-7,10-12H2,1H3. The van der Waals surface area contributed by atoms with Gasteiger partial charge < -0.3 is 10.0 Å². The minimum atomic E-state index is -0.375. The normalized spacial score (nSPS) is 28.8. The third-order valence-corrected chi connectivity index (χ3v) is 5.02. The molecule has 1 aliphatic carbocycles. The van der Waals surface area contributed by atoms with Crippen LogP contribution in [0.25, 0.3) is 0 Å². The lowest BCUT2D eigenvalue weighted by Crippen LogP contribution is -2.42. The molecule has 104 valence electrons. The SMILES string of the molecule is CC(O)c1ccccc1N1CCC2CCCCC2C1. The Morgan fingerprint density at radius 2 is 1.84 bits per heavy atom. The van der Waals surface area contributed by atoms with Crippen molar-refractivity contribution in [3.8, 4) is 0 Å². The molecule has 2 fully saturated rings. The summed E-state index contributed by atoms with van der Waals surface area (Å²) in [6.45, 7) is 4.21. The predicted molar refractivity (Wildman–Crippen MR) is 79.4 cm³/mol. The van der Waals surface area contributed by atoms with Crippen molar-refractivity contribution in [2.24, 2.45) is 11.8 Å². The fourth-order valence-corrected chi connectivity index (χ4v) is 3.95. The van der Waals surface area contributed by atoms with E-state index in [9.17, 15) is 5.11 Å². The molecule has 0 spiro atoms.